The molecule has 0 aliphatic heterocycles. The molecule has 0 saturated heterocycles. The van der Waals surface area contributed by atoms with Gasteiger partial charge in [0.05, 0.1) is 4.92 Å². The van der Waals surface area contributed by atoms with Gasteiger partial charge in [0.1, 0.15) is 5.78 Å². The van der Waals surface area contributed by atoms with Crippen LogP contribution in [0.3, 0.4) is 0 Å². The predicted octanol–water partition coefficient (Wildman–Crippen LogP) is 3.52. The van der Waals surface area contributed by atoms with E-state index in [0.29, 0.717) is 5.56 Å². The fraction of sp³-hybridized carbons (Fsp3) is 0.417. The maximum atomic E-state index is 10.2. The van der Waals surface area contributed by atoms with E-state index >= 15 is 0 Å². The van der Waals surface area contributed by atoms with E-state index in [9.17, 15) is 14.9 Å². The number of aryl methyl sites for hydroxylation is 1. The molecule has 0 saturated carbocycles. The normalized spacial score (nSPS) is 7.81. The molecule has 0 aliphatic rings. The largest absolute Gasteiger partial charge is 0.300 e. The van der Waals surface area contributed by atoms with Gasteiger partial charge in [0.15, 0.2) is 0 Å². The molecule has 0 heterocycles. The summed E-state index contributed by atoms with van der Waals surface area (Å²) in [6.07, 6.45) is 0. The van der Waals surface area contributed by atoms with Gasteiger partial charge in [0.2, 0.25) is 0 Å². The second kappa shape index (κ2) is 9.83. The van der Waals surface area contributed by atoms with Gasteiger partial charge in [-0.1, -0.05) is 32.0 Å². The van der Waals surface area contributed by atoms with Gasteiger partial charge in [0.25, 0.3) is 5.69 Å². The number of rotatable bonds is 1. The number of nitro benzene ring substituents is 1. The van der Waals surface area contributed by atoms with E-state index in [-0.39, 0.29) is 16.4 Å². The number of Topliss-reactive ketones (excluding diaryl/α,β-unsaturated/α-hetero) is 1. The summed E-state index contributed by atoms with van der Waals surface area (Å²) in [5, 5.41) is 10.2. The lowest BCUT2D eigenvalue weighted by Crippen LogP contribution is -1.89. The van der Waals surface area contributed by atoms with Crippen molar-refractivity contribution in [1.82, 2.24) is 0 Å². The highest BCUT2D eigenvalue weighted by molar-refractivity contribution is 5.72. The van der Waals surface area contributed by atoms with E-state index in [1.54, 1.807) is 25.1 Å². The van der Waals surface area contributed by atoms with Gasteiger partial charge in [-0.2, -0.15) is 0 Å². The van der Waals surface area contributed by atoms with Crippen LogP contribution in [0.2, 0.25) is 0 Å². The Kier molecular flexibility index (Phi) is 10.3. The molecule has 0 unspecified atom stereocenters. The Morgan fingerprint density at radius 1 is 1.19 bits per heavy atom. The topological polar surface area (TPSA) is 60.2 Å². The summed E-state index contributed by atoms with van der Waals surface area (Å²) in [7, 11) is 0. The molecule has 0 fully saturated rings. The number of hydrogen-bond donors (Lipinski definition) is 0. The van der Waals surface area contributed by atoms with Gasteiger partial charge in [-0.25, -0.2) is 0 Å². The summed E-state index contributed by atoms with van der Waals surface area (Å²) in [5.74, 6) is 0.167. The highest BCUT2D eigenvalue weighted by Gasteiger charge is 2.05. The van der Waals surface area contributed by atoms with Crippen molar-refractivity contribution >= 4 is 11.5 Å². The van der Waals surface area contributed by atoms with E-state index in [4.69, 9.17) is 0 Å². The Morgan fingerprint density at radius 3 is 1.81 bits per heavy atom. The third-order valence-corrected chi connectivity index (χ3v) is 1.31. The van der Waals surface area contributed by atoms with Crippen LogP contribution in [0, 0.1) is 17.0 Å². The van der Waals surface area contributed by atoms with Crippen molar-refractivity contribution < 1.29 is 9.72 Å². The van der Waals surface area contributed by atoms with E-state index in [0.717, 1.165) is 0 Å². The lowest BCUT2D eigenvalue weighted by atomic mass is 10.2. The van der Waals surface area contributed by atoms with Crippen LogP contribution in [-0.4, -0.2) is 10.7 Å². The van der Waals surface area contributed by atoms with Crippen LogP contribution in [0.25, 0.3) is 0 Å². The first-order valence-corrected chi connectivity index (χ1v) is 5.12. The van der Waals surface area contributed by atoms with Gasteiger partial charge in [-0.15, -0.1) is 0 Å². The van der Waals surface area contributed by atoms with E-state index in [1.807, 2.05) is 13.8 Å². The summed E-state index contributed by atoms with van der Waals surface area (Å²) in [5.41, 5.74) is 0.884. The number of ketones is 1. The summed E-state index contributed by atoms with van der Waals surface area (Å²) in [4.78, 5) is 19.3. The van der Waals surface area contributed by atoms with Crippen LogP contribution in [-0.2, 0) is 4.79 Å². The summed E-state index contributed by atoms with van der Waals surface area (Å²) in [6, 6.07) is 6.65. The minimum Gasteiger partial charge on any atom is -0.300 e. The average Bonchev–Trinajstić information content (AvgIpc) is 2.20. The van der Waals surface area contributed by atoms with Crippen LogP contribution in [0.4, 0.5) is 5.69 Å². The highest BCUT2D eigenvalue weighted by Crippen LogP contribution is 2.14. The van der Waals surface area contributed by atoms with Crippen molar-refractivity contribution in [3.63, 3.8) is 0 Å². The van der Waals surface area contributed by atoms with Gasteiger partial charge in [0, 0.05) is 11.6 Å². The second-order valence-electron chi connectivity index (χ2n) is 2.95. The predicted molar refractivity (Wildman–Crippen MR) is 65.5 cm³/mol. The van der Waals surface area contributed by atoms with Crippen molar-refractivity contribution in [2.24, 2.45) is 0 Å². The molecule has 0 aliphatic carbocycles. The fourth-order valence-corrected chi connectivity index (χ4v) is 0.768. The van der Waals surface area contributed by atoms with Crippen molar-refractivity contribution in [1.29, 1.82) is 0 Å². The number of nitrogens with zero attached hydrogens (tertiary/aromatic N) is 1. The maximum absolute atomic E-state index is 10.2. The molecular weight excluding hydrogens is 206 g/mol. The lowest BCUT2D eigenvalue weighted by molar-refractivity contribution is -0.385. The zero-order valence-corrected chi connectivity index (χ0v) is 10.5. The summed E-state index contributed by atoms with van der Waals surface area (Å²) < 4.78 is 0. The maximum Gasteiger partial charge on any atom is 0.272 e. The van der Waals surface area contributed by atoms with Crippen LogP contribution < -0.4 is 0 Å². The number of benzene rings is 1. The Hall–Kier alpha value is -1.71. The van der Waals surface area contributed by atoms with Crippen molar-refractivity contribution in [3.05, 3.63) is 39.9 Å². The number of para-hydroxylation sites is 1. The Balaban J connectivity index is 0. The Morgan fingerprint density at radius 2 is 1.56 bits per heavy atom. The molecule has 1 aromatic rings. The molecule has 0 radical (unpaired) electrons. The Labute approximate surface area is 96.4 Å². The number of carbonyl (C=O) groups is 1. The first-order valence-electron chi connectivity index (χ1n) is 5.12. The van der Waals surface area contributed by atoms with Gasteiger partial charge in [-0.05, 0) is 20.8 Å². The second-order valence-corrected chi connectivity index (χ2v) is 2.95. The van der Waals surface area contributed by atoms with Crippen LogP contribution in [0.15, 0.2) is 24.3 Å². The molecule has 0 aromatic heterocycles. The number of nitro groups is 1. The third kappa shape index (κ3) is 8.87. The minimum atomic E-state index is -0.380. The quantitative estimate of drug-likeness (QED) is 0.542. The number of hydrogen-bond acceptors (Lipinski definition) is 3. The molecule has 90 valence electrons. The standard InChI is InChI=1S/C7H7NO2.C3H6O.C2H6/c1-6-4-2-3-5-7(6)8(9)10;1-3(2)4;1-2/h2-5H,1H3;1-2H3;1-2H3. The lowest BCUT2D eigenvalue weighted by Gasteiger charge is -1.92. The minimum absolute atomic E-state index is 0.167. The van der Waals surface area contributed by atoms with Crippen LogP contribution >= 0.6 is 0 Å². The first kappa shape index (κ1) is 16.7. The number of carbonyl (C=O) groups excluding carboxylic acids is 1. The molecule has 0 bridgehead atoms. The summed E-state index contributed by atoms with van der Waals surface area (Å²) in [6.45, 7) is 8.78. The highest BCUT2D eigenvalue weighted by atomic mass is 16.6. The average molecular weight is 225 g/mol. The van der Waals surface area contributed by atoms with E-state index in [1.165, 1.54) is 19.9 Å². The van der Waals surface area contributed by atoms with Crippen LogP contribution in [0.5, 0.6) is 0 Å². The monoisotopic (exact) mass is 225 g/mol. The van der Waals surface area contributed by atoms with Crippen molar-refractivity contribution in [2.75, 3.05) is 0 Å². The zero-order valence-electron chi connectivity index (χ0n) is 10.5. The molecular formula is C12H19NO3. The van der Waals surface area contributed by atoms with Gasteiger partial charge in [-0.3, -0.25) is 10.1 Å². The van der Waals surface area contributed by atoms with E-state index < -0.39 is 0 Å². The van der Waals surface area contributed by atoms with Gasteiger partial charge < -0.3 is 4.79 Å². The molecule has 0 spiro atoms. The zero-order chi connectivity index (χ0) is 13.1. The molecule has 16 heavy (non-hydrogen) atoms. The molecule has 4 nitrogen and oxygen atoms in total. The molecule has 1 rings (SSSR count). The SMILES string of the molecule is CC.CC(C)=O.Cc1ccccc1[N+](=O)[O-]. The molecule has 1 aromatic carbocycles. The first-order chi connectivity index (χ1) is 7.45. The molecule has 0 atom stereocenters. The van der Waals surface area contributed by atoms with Crippen LogP contribution in [0.1, 0.15) is 33.3 Å². The molecule has 0 amide bonds. The molecule has 0 N–H and O–H groups in total. The summed E-state index contributed by atoms with van der Waals surface area (Å²) >= 11 is 0. The Bertz CT molecular complexity index is 331. The smallest absolute Gasteiger partial charge is 0.272 e. The van der Waals surface area contributed by atoms with E-state index in [2.05, 4.69) is 0 Å². The molecule has 4 heteroatoms. The fourth-order valence-electron chi connectivity index (χ4n) is 0.768. The third-order valence-electron chi connectivity index (χ3n) is 1.31. The van der Waals surface area contributed by atoms with Crippen molar-refractivity contribution in [2.45, 2.75) is 34.6 Å². The van der Waals surface area contributed by atoms with Gasteiger partial charge >= 0.3 is 0 Å². The van der Waals surface area contributed by atoms with Crippen molar-refractivity contribution in [3.8, 4) is 0 Å².